The fourth-order valence-corrected chi connectivity index (χ4v) is 5.14. The molecule has 2 atom stereocenters. The van der Waals surface area contributed by atoms with Crippen molar-refractivity contribution in [2.75, 3.05) is 6.26 Å². The highest BCUT2D eigenvalue weighted by molar-refractivity contribution is 7.96. The molecule has 0 bridgehead atoms. The second kappa shape index (κ2) is 9.19. The Morgan fingerprint density at radius 2 is 1.90 bits per heavy atom. The van der Waals surface area contributed by atoms with Crippen LogP contribution < -0.4 is 10.3 Å². The van der Waals surface area contributed by atoms with Gasteiger partial charge in [-0.3, -0.25) is 9.52 Å². The van der Waals surface area contributed by atoms with Crippen molar-refractivity contribution >= 4 is 11.9 Å². The molecule has 0 fully saturated rings. The van der Waals surface area contributed by atoms with Crippen LogP contribution in [-0.2, 0) is 19.4 Å². The lowest BCUT2D eigenvalue weighted by Gasteiger charge is -2.34. The van der Waals surface area contributed by atoms with Gasteiger partial charge in [0, 0.05) is 30.3 Å². The summed E-state index contributed by atoms with van der Waals surface area (Å²) < 4.78 is 19.8. The maximum Gasteiger partial charge on any atom is 0.254 e. The van der Waals surface area contributed by atoms with Gasteiger partial charge in [0.1, 0.15) is 5.82 Å². The third kappa shape index (κ3) is 4.09. The van der Waals surface area contributed by atoms with E-state index in [9.17, 15) is 9.18 Å². The highest BCUT2D eigenvalue weighted by atomic mass is 32.2. The van der Waals surface area contributed by atoms with E-state index in [1.807, 2.05) is 31.4 Å². The van der Waals surface area contributed by atoms with E-state index >= 15 is 0 Å². The van der Waals surface area contributed by atoms with Gasteiger partial charge in [-0.25, -0.2) is 4.39 Å². The Labute approximate surface area is 181 Å². The predicted octanol–water partition coefficient (Wildman–Crippen LogP) is 5.18. The van der Waals surface area contributed by atoms with Crippen LogP contribution in [0.2, 0.25) is 0 Å². The van der Waals surface area contributed by atoms with E-state index in [-0.39, 0.29) is 23.3 Å². The largest absolute Gasteiger partial charge is 0.313 e. The zero-order valence-corrected chi connectivity index (χ0v) is 18.2. The molecule has 0 saturated carbocycles. The lowest BCUT2D eigenvalue weighted by molar-refractivity contribution is 0.422. The summed E-state index contributed by atoms with van der Waals surface area (Å²) in [6, 6.07) is 18.9. The third-order valence-corrected chi connectivity index (χ3v) is 6.57. The standard InChI is InChI=1S/C25H27FN2OS/c1-3-28-16-22(26)20-12-13-23(27-30-2)21(24(20)25(28)29)15-17-8-7-11-19(14-17)18-9-5-4-6-10-18/h4-11,14,16,21,23,27H,3,12-13,15H2,1-2H3. The summed E-state index contributed by atoms with van der Waals surface area (Å²) in [5.74, 6) is -0.315. The van der Waals surface area contributed by atoms with Crippen LogP contribution in [0.4, 0.5) is 4.39 Å². The molecule has 1 heterocycles. The molecule has 0 aliphatic heterocycles. The van der Waals surface area contributed by atoms with E-state index in [2.05, 4.69) is 41.1 Å². The lowest BCUT2D eigenvalue weighted by atomic mass is 9.77. The minimum Gasteiger partial charge on any atom is -0.313 e. The van der Waals surface area contributed by atoms with Crippen molar-refractivity contribution in [3.8, 4) is 11.1 Å². The number of fused-ring (bicyclic) bond motifs is 1. The topological polar surface area (TPSA) is 34.0 Å². The van der Waals surface area contributed by atoms with E-state index in [1.165, 1.54) is 16.3 Å². The number of nitrogens with one attached hydrogen (secondary N) is 1. The molecule has 3 aromatic rings. The molecule has 1 aliphatic rings. The number of rotatable bonds is 6. The molecule has 4 rings (SSSR count). The molecule has 0 amide bonds. The van der Waals surface area contributed by atoms with Gasteiger partial charge < -0.3 is 4.57 Å². The van der Waals surface area contributed by atoms with Crippen LogP contribution in [0.15, 0.2) is 65.6 Å². The molecule has 1 N–H and O–H groups in total. The van der Waals surface area contributed by atoms with E-state index in [0.717, 1.165) is 17.5 Å². The molecule has 30 heavy (non-hydrogen) atoms. The summed E-state index contributed by atoms with van der Waals surface area (Å²) in [4.78, 5) is 13.2. The Bertz CT molecular complexity index is 1080. The number of pyridine rings is 1. The molecule has 0 spiro atoms. The number of aromatic nitrogens is 1. The molecule has 5 heteroatoms. The minimum absolute atomic E-state index is 0.0503. The first-order valence-electron chi connectivity index (χ1n) is 10.5. The number of hydrogen-bond acceptors (Lipinski definition) is 3. The van der Waals surface area contributed by atoms with E-state index in [1.54, 1.807) is 11.9 Å². The highest BCUT2D eigenvalue weighted by Crippen LogP contribution is 2.35. The van der Waals surface area contributed by atoms with Crippen LogP contribution in [-0.4, -0.2) is 16.9 Å². The number of nitrogens with zero attached hydrogens (tertiary/aromatic N) is 1. The molecule has 1 aromatic heterocycles. The Morgan fingerprint density at radius 1 is 1.13 bits per heavy atom. The first-order valence-corrected chi connectivity index (χ1v) is 11.7. The minimum atomic E-state index is -0.253. The summed E-state index contributed by atoms with van der Waals surface area (Å²) >= 11 is 1.56. The normalized spacial score (nSPS) is 18.2. The smallest absolute Gasteiger partial charge is 0.254 e. The molecule has 2 aromatic carbocycles. The van der Waals surface area contributed by atoms with Crippen LogP contribution in [0, 0.1) is 5.82 Å². The summed E-state index contributed by atoms with van der Waals surface area (Å²) in [6.07, 6.45) is 5.49. The monoisotopic (exact) mass is 422 g/mol. The van der Waals surface area contributed by atoms with E-state index in [0.29, 0.717) is 30.5 Å². The van der Waals surface area contributed by atoms with E-state index in [4.69, 9.17) is 0 Å². The van der Waals surface area contributed by atoms with Crippen molar-refractivity contribution in [2.24, 2.45) is 0 Å². The van der Waals surface area contributed by atoms with Gasteiger partial charge in [0.15, 0.2) is 0 Å². The van der Waals surface area contributed by atoms with Gasteiger partial charge in [-0.15, -0.1) is 0 Å². The molecule has 3 nitrogen and oxygen atoms in total. The molecular weight excluding hydrogens is 395 g/mol. The molecule has 0 radical (unpaired) electrons. The second-order valence-corrected chi connectivity index (χ2v) is 8.45. The lowest BCUT2D eigenvalue weighted by Crippen LogP contribution is -2.41. The van der Waals surface area contributed by atoms with Gasteiger partial charge in [0.05, 0.1) is 0 Å². The fourth-order valence-electron chi connectivity index (χ4n) is 4.56. The highest BCUT2D eigenvalue weighted by Gasteiger charge is 2.34. The average molecular weight is 423 g/mol. The van der Waals surface area contributed by atoms with Crippen molar-refractivity contribution in [3.63, 3.8) is 0 Å². The van der Waals surface area contributed by atoms with Gasteiger partial charge in [0.25, 0.3) is 5.56 Å². The van der Waals surface area contributed by atoms with Gasteiger partial charge in [-0.05, 0) is 54.7 Å². The maximum absolute atomic E-state index is 14.8. The quantitative estimate of drug-likeness (QED) is 0.556. The van der Waals surface area contributed by atoms with Crippen molar-refractivity contribution < 1.29 is 4.39 Å². The van der Waals surface area contributed by atoms with Crippen molar-refractivity contribution in [2.45, 2.75) is 44.7 Å². The summed E-state index contributed by atoms with van der Waals surface area (Å²) in [5.41, 5.74) is 4.69. The molecule has 1 aliphatic carbocycles. The van der Waals surface area contributed by atoms with Crippen LogP contribution in [0.1, 0.15) is 36.0 Å². The molecule has 2 unspecified atom stereocenters. The van der Waals surface area contributed by atoms with Gasteiger partial charge in [0.2, 0.25) is 0 Å². The van der Waals surface area contributed by atoms with Gasteiger partial charge >= 0.3 is 0 Å². The second-order valence-electron chi connectivity index (χ2n) is 7.80. The summed E-state index contributed by atoms with van der Waals surface area (Å²) in [5, 5.41) is 0. The van der Waals surface area contributed by atoms with Crippen LogP contribution >= 0.6 is 11.9 Å². The maximum atomic E-state index is 14.8. The van der Waals surface area contributed by atoms with Crippen LogP contribution in [0.5, 0.6) is 0 Å². The molecule has 156 valence electrons. The van der Waals surface area contributed by atoms with Crippen LogP contribution in [0.3, 0.4) is 0 Å². The number of halogens is 1. The van der Waals surface area contributed by atoms with Gasteiger partial charge in [-0.1, -0.05) is 66.5 Å². The van der Waals surface area contributed by atoms with Crippen LogP contribution in [0.25, 0.3) is 11.1 Å². The summed E-state index contributed by atoms with van der Waals surface area (Å²) in [6.45, 7) is 2.35. The first kappa shape index (κ1) is 20.9. The Kier molecular flexibility index (Phi) is 6.40. The zero-order valence-electron chi connectivity index (χ0n) is 17.4. The zero-order chi connectivity index (χ0) is 21.1. The SMILES string of the molecule is CCn1cc(F)c2c(c1=O)C(Cc1cccc(-c3ccccc3)c1)C(NSC)CC2. The predicted molar refractivity (Wildman–Crippen MR) is 123 cm³/mol. The van der Waals surface area contributed by atoms with Crippen molar-refractivity contribution in [1.29, 1.82) is 0 Å². The molecular formula is C25H27FN2OS. The van der Waals surface area contributed by atoms with Gasteiger partial charge in [-0.2, -0.15) is 0 Å². The first-order chi connectivity index (χ1) is 14.6. The molecule has 0 saturated heterocycles. The van der Waals surface area contributed by atoms with Crippen molar-refractivity contribution in [3.05, 3.63) is 93.7 Å². The van der Waals surface area contributed by atoms with Crippen molar-refractivity contribution in [1.82, 2.24) is 9.29 Å². The fraction of sp³-hybridized carbons (Fsp3) is 0.320. The Hall–Kier alpha value is -2.37. The third-order valence-electron chi connectivity index (χ3n) is 6.04. The number of hydrogen-bond donors (Lipinski definition) is 1. The Morgan fingerprint density at radius 3 is 2.63 bits per heavy atom. The number of aryl methyl sites for hydroxylation is 1. The van der Waals surface area contributed by atoms with E-state index < -0.39 is 0 Å². The summed E-state index contributed by atoms with van der Waals surface area (Å²) in [7, 11) is 0. The number of benzene rings is 2. The average Bonchev–Trinajstić information content (AvgIpc) is 2.78. The Balaban J connectivity index is 1.76.